The summed E-state index contributed by atoms with van der Waals surface area (Å²) in [4.78, 5) is 1.68. The number of hydrogen-bond donors (Lipinski definition) is 0. The van der Waals surface area contributed by atoms with Crippen LogP contribution < -0.4 is 0 Å². The average molecular weight is 174 g/mol. The highest BCUT2D eigenvalue weighted by molar-refractivity contribution is 4.88. The number of rotatable bonds is 3. The van der Waals surface area contributed by atoms with Gasteiger partial charge in [0.2, 0.25) is 0 Å². The first-order valence-corrected chi connectivity index (χ1v) is 3.98. The Kier molecular flexibility index (Phi) is 2.63. The predicted molar refractivity (Wildman–Crippen MR) is 40.8 cm³/mol. The first kappa shape index (κ1) is 9.40. The third-order valence-corrected chi connectivity index (χ3v) is 1.91. The van der Waals surface area contributed by atoms with Crippen molar-refractivity contribution in [1.82, 2.24) is 4.90 Å². The van der Waals surface area contributed by atoms with E-state index in [4.69, 9.17) is 5.26 Å². The molecule has 0 atom stereocenters. The van der Waals surface area contributed by atoms with Crippen molar-refractivity contribution in [2.75, 3.05) is 19.6 Å². The Morgan fingerprint density at radius 3 is 2.58 bits per heavy atom. The van der Waals surface area contributed by atoms with Gasteiger partial charge in [-0.25, -0.2) is 8.78 Å². The molecule has 1 fully saturated rings. The molecule has 1 saturated heterocycles. The van der Waals surface area contributed by atoms with Gasteiger partial charge < -0.3 is 0 Å². The topological polar surface area (TPSA) is 27.0 Å². The van der Waals surface area contributed by atoms with Gasteiger partial charge in [-0.3, -0.25) is 4.90 Å². The van der Waals surface area contributed by atoms with Crippen LogP contribution in [-0.2, 0) is 0 Å². The van der Waals surface area contributed by atoms with Gasteiger partial charge in [-0.05, 0) is 5.92 Å². The summed E-state index contributed by atoms with van der Waals surface area (Å²) in [5.41, 5.74) is 0. The third-order valence-electron chi connectivity index (χ3n) is 1.91. The minimum atomic E-state index is -2.60. The van der Waals surface area contributed by atoms with Gasteiger partial charge >= 0.3 is 0 Å². The molecule has 0 radical (unpaired) electrons. The third kappa shape index (κ3) is 2.74. The fraction of sp³-hybridized carbons (Fsp3) is 0.875. The monoisotopic (exact) mass is 174 g/mol. The molecule has 1 aliphatic rings. The number of nitriles is 1. The van der Waals surface area contributed by atoms with Crippen LogP contribution in [0.15, 0.2) is 0 Å². The van der Waals surface area contributed by atoms with Gasteiger partial charge in [0.25, 0.3) is 5.92 Å². The van der Waals surface area contributed by atoms with Crippen molar-refractivity contribution in [3.63, 3.8) is 0 Å². The van der Waals surface area contributed by atoms with Gasteiger partial charge in [0.1, 0.15) is 0 Å². The van der Waals surface area contributed by atoms with Gasteiger partial charge in [0.15, 0.2) is 0 Å². The normalized spacial score (nSPS) is 20.2. The second kappa shape index (κ2) is 3.36. The smallest absolute Gasteiger partial charge is 0.257 e. The molecule has 0 aromatic carbocycles. The van der Waals surface area contributed by atoms with E-state index in [9.17, 15) is 8.78 Å². The quantitative estimate of drug-likeness (QED) is 0.648. The molecular weight excluding hydrogens is 162 g/mol. The Morgan fingerprint density at radius 1 is 1.58 bits per heavy atom. The number of alkyl halides is 2. The molecule has 1 heterocycles. The summed E-state index contributed by atoms with van der Waals surface area (Å²) in [6, 6.07) is 2.04. The fourth-order valence-electron chi connectivity index (χ4n) is 1.46. The van der Waals surface area contributed by atoms with Crippen LogP contribution in [0.3, 0.4) is 0 Å². The maximum Gasteiger partial charge on any atom is 0.257 e. The van der Waals surface area contributed by atoms with E-state index in [2.05, 4.69) is 0 Å². The molecule has 0 bridgehead atoms. The van der Waals surface area contributed by atoms with Crippen molar-refractivity contribution in [3.05, 3.63) is 0 Å². The number of nitrogens with zero attached hydrogens (tertiary/aromatic N) is 2. The number of hydrogen-bond acceptors (Lipinski definition) is 2. The average Bonchev–Trinajstić information content (AvgIpc) is 1.80. The van der Waals surface area contributed by atoms with Crippen LogP contribution in [0.4, 0.5) is 8.78 Å². The summed E-state index contributed by atoms with van der Waals surface area (Å²) in [6.07, 6.45) is 0.492. The van der Waals surface area contributed by atoms with Crippen molar-refractivity contribution < 1.29 is 8.78 Å². The lowest BCUT2D eigenvalue weighted by atomic mass is 9.97. The van der Waals surface area contributed by atoms with E-state index < -0.39 is 5.92 Å². The Labute approximate surface area is 70.8 Å². The van der Waals surface area contributed by atoms with E-state index >= 15 is 0 Å². The van der Waals surface area contributed by atoms with Crippen molar-refractivity contribution in [2.45, 2.75) is 19.3 Å². The highest BCUT2D eigenvalue weighted by atomic mass is 19.3. The molecule has 68 valence electrons. The van der Waals surface area contributed by atoms with Gasteiger partial charge in [-0.1, -0.05) is 0 Å². The molecular formula is C8H12F2N2. The van der Waals surface area contributed by atoms with E-state index in [1.807, 2.05) is 6.07 Å². The molecule has 0 unspecified atom stereocenters. The lowest BCUT2D eigenvalue weighted by Gasteiger charge is -2.39. The Morgan fingerprint density at radius 2 is 2.17 bits per heavy atom. The molecule has 1 rings (SSSR count). The van der Waals surface area contributed by atoms with Gasteiger partial charge in [0, 0.05) is 26.4 Å². The van der Waals surface area contributed by atoms with E-state index in [1.165, 1.54) is 0 Å². The van der Waals surface area contributed by atoms with Crippen LogP contribution in [0.2, 0.25) is 0 Å². The highest BCUT2D eigenvalue weighted by Gasteiger charge is 2.33. The van der Waals surface area contributed by atoms with E-state index in [1.54, 1.807) is 4.90 Å². The van der Waals surface area contributed by atoms with Crippen molar-refractivity contribution >= 4 is 0 Å². The first-order chi connectivity index (χ1) is 5.51. The van der Waals surface area contributed by atoms with Crippen molar-refractivity contribution in [2.24, 2.45) is 5.92 Å². The van der Waals surface area contributed by atoms with Crippen LogP contribution in [0.5, 0.6) is 0 Å². The number of halogens is 2. The van der Waals surface area contributed by atoms with E-state index in [0.717, 1.165) is 6.92 Å². The van der Waals surface area contributed by atoms with Gasteiger partial charge in [0.05, 0.1) is 12.6 Å². The Hall–Kier alpha value is -0.690. The molecule has 0 saturated carbocycles. The zero-order valence-corrected chi connectivity index (χ0v) is 7.06. The van der Waals surface area contributed by atoms with Crippen LogP contribution in [0, 0.1) is 17.2 Å². The summed E-state index contributed by atoms with van der Waals surface area (Å²) in [5, 5.41) is 8.30. The molecule has 0 amide bonds. The maximum absolute atomic E-state index is 12.4. The van der Waals surface area contributed by atoms with E-state index in [0.29, 0.717) is 25.4 Å². The van der Waals surface area contributed by atoms with Gasteiger partial charge in [-0.15, -0.1) is 0 Å². The summed E-state index contributed by atoms with van der Waals surface area (Å²) >= 11 is 0. The summed E-state index contributed by atoms with van der Waals surface area (Å²) in [7, 11) is 0. The minimum Gasteiger partial charge on any atom is -0.297 e. The Bertz CT molecular complexity index is 186. The van der Waals surface area contributed by atoms with E-state index in [-0.39, 0.29) is 6.54 Å². The second-order valence-electron chi connectivity index (χ2n) is 3.49. The Balaban J connectivity index is 2.15. The van der Waals surface area contributed by atoms with Crippen molar-refractivity contribution in [1.29, 1.82) is 5.26 Å². The first-order valence-electron chi connectivity index (χ1n) is 3.98. The molecule has 0 aromatic rings. The van der Waals surface area contributed by atoms with Crippen LogP contribution in [0.1, 0.15) is 13.3 Å². The SMILES string of the molecule is CC(F)(F)CN1CC(CC#N)C1. The highest BCUT2D eigenvalue weighted by Crippen LogP contribution is 2.23. The minimum absolute atomic E-state index is 0.172. The molecule has 0 spiro atoms. The maximum atomic E-state index is 12.4. The standard InChI is InChI=1S/C8H12F2N2/c1-8(9,10)6-12-4-7(5-12)2-3-11/h7H,2,4-6H2,1H3. The lowest BCUT2D eigenvalue weighted by Crippen LogP contribution is -2.50. The zero-order valence-electron chi connectivity index (χ0n) is 7.06. The molecule has 0 aliphatic carbocycles. The molecule has 0 N–H and O–H groups in total. The van der Waals surface area contributed by atoms with Crippen LogP contribution in [-0.4, -0.2) is 30.5 Å². The molecule has 12 heavy (non-hydrogen) atoms. The largest absolute Gasteiger partial charge is 0.297 e. The number of likely N-dealkylation sites (tertiary alicyclic amines) is 1. The second-order valence-corrected chi connectivity index (χ2v) is 3.49. The van der Waals surface area contributed by atoms with Crippen LogP contribution in [0.25, 0.3) is 0 Å². The molecule has 2 nitrogen and oxygen atoms in total. The van der Waals surface area contributed by atoms with Crippen LogP contribution >= 0.6 is 0 Å². The fourth-order valence-corrected chi connectivity index (χ4v) is 1.46. The lowest BCUT2D eigenvalue weighted by molar-refractivity contribution is -0.0452. The summed E-state index contributed by atoms with van der Waals surface area (Å²) < 4.78 is 24.8. The molecule has 4 heteroatoms. The van der Waals surface area contributed by atoms with Gasteiger partial charge in [-0.2, -0.15) is 5.26 Å². The molecule has 0 aromatic heterocycles. The molecule has 1 aliphatic heterocycles. The zero-order chi connectivity index (χ0) is 9.19. The predicted octanol–water partition coefficient (Wildman–Crippen LogP) is 1.49. The summed E-state index contributed by atoms with van der Waals surface area (Å²) in [5.74, 6) is -2.28. The summed E-state index contributed by atoms with van der Waals surface area (Å²) in [6.45, 7) is 2.05. The van der Waals surface area contributed by atoms with Crippen molar-refractivity contribution in [3.8, 4) is 6.07 Å².